The molecule has 6 heteroatoms. The van der Waals surface area contributed by atoms with E-state index in [4.69, 9.17) is 10.8 Å². The highest BCUT2D eigenvalue weighted by Crippen LogP contribution is 2.19. The molecule has 0 radical (unpaired) electrons. The number of hydrogen-bond acceptors (Lipinski definition) is 3. The summed E-state index contributed by atoms with van der Waals surface area (Å²) in [6.07, 6.45) is 0.237. The molecule has 0 heterocycles. The van der Waals surface area contributed by atoms with E-state index in [9.17, 15) is 9.18 Å². The summed E-state index contributed by atoms with van der Waals surface area (Å²) in [5.74, 6) is -1.44. The molecule has 0 aliphatic carbocycles. The average Bonchev–Trinajstić information content (AvgIpc) is 2.22. The fraction of sp³-hybridized carbons (Fsp3) is 0.300. The predicted octanol–water partition coefficient (Wildman–Crippen LogP) is 1.80. The van der Waals surface area contributed by atoms with E-state index in [0.29, 0.717) is 12.2 Å². The van der Waals surface area contributed by atoms with Crippen molar-refractivity contribution < 1.29 is 14.3 Å². The lowest BCUT2D eigenvalue weighted by Crippen LogP contribution is -2.32. The summed E-state index contributed by atoms with van der Waals surface area (Å²) in [6.45, 7) is 0.306. The van der Waals surface area contributed by atoms with E-state index in [2.05, 4.69) is 21.2 Å². The van der Waals surface area contributed by atoms with Crippen LogP contribution in [0.1, 0.15) is 6.42 Å². The molecule has 0 aliphatic rings. The van der Waals surface area contributed by atoms with E-state index in [1.54, 1.807) is 12.1 Å². The minimum Gasteiger partial charge on any atom is -0.480 e. The van der Waals surface area contributed by atoms with Gasteiger partial charge in [-0.2, -0.15) is 0 Å². The summed E-state index contributed by atoms with van der Waals surface area (Å²) in [5, 5.41) is 11.3. The number of hydrogen-bond donors (Lipinski definition) is 3. The monoisotopic (exact) mass is 290 g/mol. The van der Waals surface area contributed by atoms with Crippen molar-refractivity contribution in [2.24, 2.45) is 5.73 Å². The molecule has 0 spiro atoms. The summed E-state index contributed by atoms with van der Waals surface area (Å²) in [6, 6.07) is 3.57. The summed E-state index contributed by atoms with van der Waals surface area (Å²) in [5.41, 5.74) is 5.63. The molecule has 1 unspecified atom stereocenters. The van der Waals surface area contributed by atoms with Gasteiger partial charge in [-0.25, -0.2) is 4.39 Å². The van der Waals surface area contributed by atoms with Crippen LogP contribution in [0.25, 0.3) is 0 Å². The Bertz CT molecular complexity index is 387. The zero-order valence-corrected chi connectivity index (χ0v) is 10.00. The zero-order valence-electron chi connectivity index (χ0n) is 8.41. The van der Waals surface area contributed by atoms with Gasteiger partial charge in [0.15, 0.2) is 0 Å². The van der Waals surface area contributed by atoms with Gasteiger partial charge in [0.25, 0.3) is 0 Å². The Hall–Kier alpha value is -1.14. The van der Waals surface area contributed by atoms with Crippen LogP contribution in [0.15, 0.2) is 22.7 Å². The van der Waals surface area contributed by atoms with Gasteiger partial charge in [0, 0.05) is 11.0 Å². The lowest BCUT2D eigenvalue weighted by molar-refractivity contribution is -0.138. The number of anilines is 1. The fourth-order valence-electron chi connectivity index (χ4n) is 1.12. The van der Waals surface area contributed by atoms with Crippen molar-refractivity contribution in [3.05, 3.63) is 28.5 Å². The number of halogens is 2. The van der Waals surface area contributed by atoms with Crippen LogP contribution in [-0.4, -0.2) is 23.7 Å². The van der Waals surface area contributed by atoms with E-state index in [-0.39, 0.29) is 12.2 Å². The van der Waals surface area contributed by atoms with Crippen molar-refractivity contribution in [1.29, 1.82) is 0 Å². The second-order valence-electron chi connectivity index (χ2n) is 3.28. The summed E-state index contributed by atoms with van der Waals surface area (Å²) in [4.78, 5) is 10.4. The lowest BCUT2D eigenvalue weighted by Gasteiger charge is -2.10. The fourth-order valence-corrected chi connectivity index (χ4v) is 1.48. The summed E-state index contributed by atoms with van der Waals surface area (Å²) < 4.78 is 14.0. The SMILES string of the molecule is NC(CCNc1cc(Br)ccc1F)C(=O)O. The van der Waals surface area contributed by atoms with Crippen molar-refractivity contribution in [3.8, 4) is 0 Å². The van der Waals surface area contributed by atoms with Crippen molar-refractivity contribution in [1.82, 2.24) is 0 Å². The Morgan fingerprint density at radius 2 is 2.31 bits per heavy atom. The Morgan fingerprint density at radius 3 is 2.94 bits per heavy atom. The van der Waals surface area contributed by atoms with Crippen LogP contribution >= 0.6 is 15.9 Å². The van der Waals surface area contributed by atoms with Gasteiger partial charge in [-0.15, -0.1) is 0 Å². The molecule has 88 valence electrons. The van der Waals surface area contributed by atoms with Crippen molar-refractivity contribution in [2.75, 3.05) is 11.9 Å². The molecule has 1 atom stereocenters. The second kappa shape index (κ2) is 5.81. The van der Waals surface area contributed by atoms with Gasteiger partial charge in [0.2, 0.25) is 0 Å². The number of carbonyl (C=O) groups is 1. The number of aliphatic carboxylic acids is 1. The largest absolute Gasteiger partial charge is 0.480 e. The lowest BCUT2D eigenvalue weighted by atomic mass is 10.2. The molecule has 0 amide bonds. The smallest absolute Gasteiger partial charge is 0.320 e. The molecule has 1 aromatic rings. The standard InChI is InChI=1S/C10H12BrFN2O2/c11-6-1-2-7(12)9(5-6)14-4-3-8(13)10(15)16/h1-2,5,8,14H,3-4,13H2,(H,15,16). The third-order valence-electron chi connectivity index (χ3n) is 2.02. The highest BCUT2D eigenvalue weighted by Gasteiger charge is 2.10. The predicted molar refractivity (Wildman–Crippen MR) is 62.8 cm³/mol. The molecule has 1 aromatic carbocycles. The van der Waals surface area contributed by atoms with Crippen molar-refractivity contribution in [3.63, 3.8) is 0 Å². The van der Waals surface area contributed by atoms with E-state index in [1.807, 2.05) is 0 Å². The zero-order chi connectivity index (χ0) is 12.1. The third kappa shape index (κ3) is 3.79. The Labute approximate surface area is 101 Å². The Morgan fingerprint density at radius 1 is 1.62 bits per heavy atom. The van der Waals surface area contributed by atoms with Crippen LogP contribution in [0.4, 0.5) is 10.1 Å². The number of nitrogens with two attached hydrogens (primary N) is 1. The minimum atomic E-state index is -1.06. The number of rotatable bonds is 5. The molecular weight excluding hydrogens is 279 g/mol. The molecule has 0 saturated carbocycles. The number of carboxylic acid groups (broad SMARTS) is 1. The average molecular weight is 291 g/mol. The highest BCUT2D eigenvalue weighted by molar-refractivity contribution is 9.10. The minimum absolute atomic E-state index is 0.237. The molecule has 16 heavy (non-hydrogen) atoms. The molecule has 4 nitrogen and oxygen atoms in total. The highest BCUT2D eigenvalue weighted by atomic mass is 79.9. The van der Waals surface area contributed by atoms with Gasteiger partial charge < -0.3 is 16.2 Å². The van der Waals surface area contributed by atoms with E-state index < -0.39 is 12.0 Å². The molecular formula is C10H12BrFN2O2. The second-order valence-corrected chi connectivity index (χ2v) is 4.20. The molecule has 0 bridgehead atoms. The van der Waals surface area contributed by atoms with Crippen LogP contribution in [0.3, 0.4) is 0 Å². The van der Waals surface area contributed by atoms with Crippen LogP contribution in [0.5, 0.6) is 0 Å². The molecule has 0 aromatic heterocycles. The third-order valence-corrected chi connectivity index (χ3v) is 2.51. The van der Waals surface area contributed by atoms with Gasteiger partial charge in [-0.05, 0) is 24.6 Å². The normalized spacial score (nSPS) is 12.2. The maximum absolute atomic E-state index is 13.2. The Balaban J connectivity index is 2.48. The van der Waals surface area contributed by atoms with Crippen LogP contribution in [0, 0.1) is 5.82 Å². The first kappa shape index (κ1) is 12.9. The van der Waals surface area contributed by atoms with Gasteiger partial charge in [-0.1, -0.05) is 15.9 Å². The quantitative estimate of drug-likeness (QED) is 0.773. The van der Waals surface area contributed by atoms with Gasteiger partial charge in [0.05, 0.1) is 5.69 Å². The first-order valence-corrected chi connectivity index (χ1v) is 5.47. The number of nitrogens with one attached hydrogen (secondary N) is 1. The summed E-state index contributed by atoms with van der Waals surface area (Å²) in [7, 11) is 0. The maximum Gasteiger partial charge on any atom is 0.320 e. The Kier molecular flexibility index (Phi) is 4.70. The van der Waals surface area contributed by atoms with E-state index in [1.165, 1.54) is 6.07 Å². The van der Waals surface area contributed by atoms with Crippen LogP contribution < -0.4 is 11.1 Å². The molecule has 4 N–H and O–H groups in total. The molecule has 0 aliphatic heterocycles. The van der Waals surface area contributed by atoms with Gasteiger partial charge >= 0.3 is 5.97 Å². The molecule has 0 fully saturated rings. The van der Waals surface area contributed by atoms with E-state index >= 15 is 0 Å². The van der Waals surface area contributed by atoms with Crippen molar-refractivity contribution in [2.45, 2.75) is 12.5 Å². The molecule has 1 rings (SSSR count). The van der Waals surface area contributed by atoms with Gasteiger partial charge in [-0.3, -0.25) is 4.79 Å². The summed E-state index contributed by atoms with van der Waals surface area (Å²) >= 11 is 3.21. The van der Waals surface area contributed by atoms with Crippen LogP contribution in [0.2, 0.25) is 0 Å². The first-order chi connectivity index (χ1) is 7.50. The van der Waals surface area contributed by atoms with Crippen molar-refractivity contribution >= 4 is 27.6 Å². The number of benzene rings is 1. The van der Waals surface area contributed by atoms with E-state index in [0.717, 1.165) is 4.47 Å². The first-order valence-electron chi connectivity index (χ1n) is 4.68. The number of carboxylic acids is 1. The topological polar surface area (TPSA) is 75.3 Å². The maximum atomic E-state index is 13.2. The molecule has 0 saturated heterocycles. The van der Waals surface area contributed by atoms with Crippen LogP contribution in [-0.2, 0) is 4.79 Å². The van der Waals surface area contributed by atoms with Gasteiger partial charge in [0.1, 0.15) is 11.9 Å².